The maximum Gasteiger partial charge on any atom is 0.335 e. The Hall–Kier alpha value is -3.02. The normalized spacial score (nSPS) is 10.5. The summed E-state index contributed by atoms with van der Waals surface area (Å²) in [4.78, 5) is 23.2. The highest BCUT2D eigenvalue weighted by atomic mass is 16.5. The van der Waals surface area contributed by atoms with Crippen molar-refractivity contribution in [2.75, 3.05) is 13.7 Å². The topological polar surface area (TPSA) is 84.9 Å². The number of methoxy groups -OCH3 is 1. The number of nitrogens with one attached hydrogen (secondary N) is 1. The molecule has 2 N–H and O–H groups in total. The Morgan fingerprint density at radius 1 is 1.04 bits per heavy atom. The number of ether oxygens (including phenoxy) is 2. The summed E-state index contributed by atoms with van der Waals surface area (Å²) >= 11 is 0. The molecule has 138 valence electrons. The molecule has 1 amide bonds. The van der Waals surface area contributed by atoms with Gasteiger partial charge in [0.2, 0.25) is 0 Å². The van der Waals surface area contributed by atoms with E-state index >= 15 is 0 Å². The van der Waals surface area contributed by atoms with Crippen LogP contribution < -0.4 is 14.8 Å². The van der Waals surface area contributed by atoms with Crippen molar-refractivity contribution in [2.45, 2.75) is 20.4 Å². The zero-order valence-electron chi connectivity index (χ0n) is 15.1. The van der Waals surface area contributed by atoms with E-state index in [9.17, 15) is 9.59 Å². The molecular formula is C20H23NO5. The van der Waals surface area contributed by atoms with Crippen molar-refractivity contribution >= 4 is 11.9 Å². The van der Waals surface area contributed by atoms with Crippen molar-refractivity contribution in [3.05, 3.63) is 59.2 Å². The molecule has 26 heavy (non-hydrogen) atoms. The number of hydrogen-bond donors (Lipinski definition) is 2. The molecule has 6 heteroatoms. The fourth-order valence-electron chi connectivity index (χ4n) is 2.23. The first-order chi connectivity index (χ1) is 12.4. The van der Waals surface area contributed by atoms with Crippen molar-refractivity contribution < 1.29 is 24.2 Å². The van der Waals surface area contributed by atoms with Crippen LogP contribution >= 0.6 is 0 Å². The third kappa shape index (κ3) is 5.24. The predicted octanol–water partition coefficient (Wildman–Crippen LogP) is 3.36. The van der Waals surface area contributed by atoms with Crippen LogP contribution in [0, 0.1) is 5.92 Å². The van der Waals surface area contributed by atoms with E-state index in [1.165, 1.54) is 19.2 Å². The van der Waals surface area contributed by atoms with Crippen LogP contribution in [-0.2, 0) is 6.54 Å². The first kappa shape index (κ1) is 19.3. The van der Waals surface area contributed by atoms with Gasteiger partial charge in [-0.1, -0.05) is 26.0 Å². The number of carboxylic acid groups (broad SMARTS) is 1. The van der Waals surface area contributed by atoms with Crippen molar-refractivity contribution in [3.8, 4) is 11.5 Å². The van der Waals surface area contributed by atoms with Gasteiger partial charge in [0, 0.05) is 12.1 Å². The van der Waals surface area contributed by atoms with Crippen LogP contribution in [0.25, 0.3) is 0 Å². The van der Waals surface area contributed by atoms with E-state index in [1.807, 2.05) is 0 Å². The van der Waals surface area contributed by atoms with Gasteiger partial charge < -0.3 is 19.9 Å². The maximum atomic E-state index is 12.3. The van der Waals surface area contributed by atoms with E-state index in [0.717, 1.165) is 5.56 Å². The highest BCUT2D eigenvalue weighted by Crippen LogP contribution is 2.28. The molecule has 0 fully saturated rings. The Morgan fingerprint density at radius 3 is 2.27 bits per heavy atom. The molecule has 6 nitrogen and oxygen atoms in total. The van der Waals surface area contributed by atoms with Crippen LogP contribution in [0.2, 0.25) is 0 Å². The molecule has 0 aromatic heterocycles. The SMILES string of the molecule is COc1cc(C(=O)NCc2ccc(C(=O)O)cc2)ccc1OCC(C)C. The summed E-state index contributed by atoms with van der Waals surface area (Å²) in [5.41, 5.74) is 1.48. The minimum atomic E-state index is -0.979. The Morgan fingerprint density at radius 2 is 1.69 bits per heavy atom. The van der Waals surface area contributed by atoms with Crippen LogP contribution in [0.5, 0.6) is 11.5 Å². The molecule has 0 aliphatic heterocycles. The Labute approximate surface area is 152 Å². The van der Waals surface area contributed by atoms with Gasteiger partial charge in [0.1, 0.15) is 0 Å². The van der Waals surface area contributed by atoms with Gasteiger partial charge in [-0.05, 0) is 41.8 Å². The van der Waals surface area contributed by atoms with Crippen molar-refractivity contribution in [2.24, 2.45) is 5.92 Å². The molecule has 0 atom stereocenters. The summed E-state index contributed by atoms with van der Waals surface area (Å²) < 4.78 is 11.0. The fraction of sp³-hybridized carbons (Fsp3) is 0.300. The molecule has 0 spiro atoms. The second-order valence-corrected chi connectivity index (χ2v) is 6.26. The number of carboxylic acids is 1. The lowest BCUT2D eigenvalue weighted by molar-refractivity contribution is 0.0696. The average molecular weight is 357 g/mol. The third-order valence-electron chi connectivity index (χ3n) is 3.65. The van der Waals surface area contributed by atoms with Crippen LogP contribution in [0.3, 0.4) is 0 Å². The number of carbonyl (C=O) groups is 2. The van der Waals surface area contributed by atoms with Gasteiger partial charge in [0.05, 0.1) is 19.3 Å². The summed E-state index contributed by atoms with van der Waals surface area (Å²) in [7, 11) is 1.53. The zero-order valence-corrected chi connectivity index (χ0v) is 15.1. The van der Waals surface area contributed by atoms with Crippen LogP contribution in [0.15, 0.2) is 42.5 Å². The number of benzene rings is 2. The highest BCUT2D eigenvalue weighted by Gasteiger charge is 2.12. The van der Waals surface area contributed by atoms with Gasteiger partial charge >= 0.3 is 5.97 Å². The number of amides is 1. The summed E-state index contributed by atoms with van der Waals surface area (Å²) in [6.45, 7) is 4.97. The van der Waals surface area contributed by atoms with Crippen LogP contribution in [0.4, 0.5) is 0 Å². The average Bonchev–Trinajstić information content (AvgIpc) is 2.64. The van der Waals surface area contributed by atoms with Gasteiger partial charge in [0.15, 0.2) is 11.5 Å². The Balaban J connectivity index is 2.01. The number of aromatic carboxylic acids is 1. The summed E-state index contributed by atoms with van der Waals surface area (Å²) in [6.07, 6.45) is 0. The van der Waals surface area contributed by atoms with Gasteiger partial charge in [0.25, 0.3) is 5.91 Å². The molecule has 0 saturated carbocycles. The molecule has 0 unspecified atom stereocenters. The van der Waals surface area contributed by atoms with E-state index in [-0.39, 0.29) is 11.5 Å². The minimum absolute atomic E-state index is 0.210. The summed E-state index contributed by atoms with van der Waals surface area (Å²) in [6, 6.07) is 11.4. The monoisotopic (exact) mass is 357 g/mol. The first-order valence-electron chi connectivity index (χ1n) is 8.32. The molecular weight excluding hydrogens is 334 g/mol. The second kappa shape index (κ2) is 8.89. The molecule has 0 radical (unpaired) electrons. The molecule has 0 saturated heterocycles. The predicted molar refractivity (Wildman–Crippen MR) is 97.9 cm³/mol. The number of hydrogen-bond acceptors (Lipinski definition) is 4. The first-order valence-corrected chi connectivity index (χ1v) is 8.32. The fourth-order valence-corrected chi connectivity index (χ4v) is 2.23. The third-order valence-corrected chi connectivity index (χ3v) is 3.65. The largest absolute Gasteiger partial charge is 0.493 e. The molecule has 2 rings (SSSR count). The van der Waals surface area contributed by atoms with Gasteiger partial charge in [-0.25, -0.2) is 4.79 Å². The van der Waals surface area contributed by atoms with E-state index < -0.39 is 5.97 Å². The van der Waals surface area contributed by atoms with Crippen LogP contribution in [0.1, 0.15) is 40.1 Å². The highest BCUT2D eigenvalue weighted by molar-refractivity contribution is 5.94. The Bertz CT molecular complexity index is 768. The van der Waals surface area contributed by atoms with Crippen molar-refractivity contribution in [3.63, 3.8) is 0 Å². The van der Waals surface area contributed by atoms with Gasteiger partial charge in [-0.3, -0.25) is 4.79 Å². The minimum Gasteiger partial charge on any atom is -0.493 e. The number of carbonyl (C=O) groups excluding carboxylic acids is 1. The second-order valence-electron chi connectivity index (χ2n) is 6.26. The molecule has 0 bridgehead atoms. The molecule has 0 aliphatic carbocycles. The Kier molecular flexibility index (Phi) is 6.60. The molecule has 2 aromatic carbocycles. The smallest absolute Gasteiger partial charge is 0.335 e. The van der Waals surface area contributed by atoms with E-state index in [1.54, 1.807) is 30.3 Å². The van der Waals surface area contributed by atoms with E-state index in [0.29, 0.717) is 36.1 Å². The zero-order chi connectivity index (χ0) is 19.1. The summed E-state index contributed by atoms with van der Waals surface area (Å²) in [5.74, 6) is 0.259. The lowest BCUT2D eigenvalue weighted by Crippen LogP contribution is -2.22. The van der Waals surface area contributed by atoms with Crippen molar-refractivity contribution in [1.29, 1.82) is 0 Å². The molecule has 0 heterocycles. The lowest BCUT2D eigenvalue weighted by atomic mass is 10.1. The summed E-state index contributed by atoms with van der Waals surface area (Å²) in [5, 5.41) is 11.7. The van der Waals surface area contributed by atoms with E-state index in [4.69, 9.17) is 14.6 Å². The van der Waals surface area contributed by atoms with Crippen LogP contribution in [-0.4, -0.2) is 30.7 Å². The molecule has 0 aliphatic rings. The lowest BCUT2D eigenvalue weighted by Gasteiger charge is -2.13. The van der Waals surface area contributed by atoms with Gasteiger partial charge in [-0.15, -0.1) is 0 Å². The maximum absolute atomic E-state index is 12.3. The molecule has 2 aromatic rings. The van der Waals surface area contributed by atoms with Crippen molar-refractivity contribution in [1.82, 2.24) is 5.32 Å². The standard InChI is InChI=1S/C20H23NO5/c1-13(2)12-26-17-9-8-16(10-18(17)25-3)19(22)21-11-14-4-6-15(7-5-14)20(23)24/h4-10,13H,11-12H2,1-3H3,(H,21,22)(H,23,24). The van der Waals surface area contributed by atoms with Gasteiger partial charge in [-0.2, -0.15) is 0 Å². The number of rotatable bonds is 8. The van der Waals surface area contributed by atoms with E-state index in [2.05, 4.69) is 19.2 Å². The quantitative estimate of drug-likeness (QED) is 0.757.